The van der Waals surface area contributed by atoms with Crippen molar-refractivity contribution in [1.82, 2.24) is 0 Å². The molecule has 0 N–H and O–H groups in total. The predicted molar refractivity (Wildman–Crippen MR) is 99.6 cm³/mol. The van der Waals surface area contributed by atoms with Crippen molar-refractivity contribution in [2.75, 3.05) is 7.11 Å². The molecule has 0 spiro atoms. The first-order chi connectivity index (χ1) is 12.7. The van der Waals surface area contributed by atoms with E-state index in [2.05, 4.69) is 0 Å². The van der Waals surface area contributed by atoms with Crippen LogP contribution in [0.2, 0.25) is 0 Å². The summed E-state index contributed by atoms with van der Waals surface area (Å²) in [4.78, 5) is 12.3. The summed E-state index contributed by atoms with van der Waals surface area (Å²) in [6, 6.07) is 24.1. The number of ether oxygens (including phenoxy) is 3. The normalized spacial score (nSPS) is 11.5. The molecule has 132 valence electrons. The highest BCUT2D eigenvalue weighted by Crippen LogP contribution is 2.28. The summed E-state index contributed by atoms with van der Waals surface area (Å²) >= 11 is 0. The Morgan fingerprint density at radius 1 is 0.769 bits per heavy atom. The second-order valence-electron chi connectivity index (χ2n) is 5.85. The first kappa shape index (κ1) is 17.5. The molecule has 0 aliphatic rings. The summed E-state index contributed by atoms with van der Waals surface area (Å²) in [6.07, 6.45) is -1.32. The summed E-state index contributed by atoms with van der Waals surface area (Å²) in [7, 11) is 1.61. The number of rotatable bonds is 5. The maximum atomic E-state index is 12.3. The monoisotopic (exact) mass is 348 g/mol. The molecule has 0 aliphatic carbocycles. The highest BCUT2D eigenvalue weighted by molar-refractivity contribution is 5.64. The molecule has 3 aromatic carbocycles. The fraction of sp³-hybridized carbons (Fsp3) is 0.136. The van der Waals surface area contributed by atoms with Gasteiger partial charge in [-0.2, -0.15) is 0 Å². The van der Waals surface area contributed by atoms with Crippen LogP contribution in [0.25, 0.3) is 0 Å². The van der Waals surface area contributed by atoms with E-state index in [4.69, 9.17) is 14.2 Å². The van der Waals surface area contributed by atoms with Crippen molar-refractivity contribution in [1.29, 1.82) is 0 Å². The third kappa shape index (κ3) is 4.42. The molecule has 0 amide bonds. The topological polar surface area (TPSA) is 44.8 Å². The van der Waals surface area contributed by atoms with E-state index in [1.165, 1.54) is 0 Å². The van der Waals surface area contributed by atoms with Crippen molar-refractivity contribution in [3.05, 3.63) is 95.6 Å². The SMILES string of the molecule is COc1ccc(C(OC(=O)Oc2ccccc2)c2ccc(C)cc2)cc1. The van der Waals surface area contributed by atoms with E-state index in [0.717, 1.165) is 22.4 Å². The molecule has 4 heteroatoms. The number of hydrogen-bond acceptors (Lipinski definition) is 4. The van der Waals surface area contributed by atoms with E-state index in [1.807, 2.05) is 61.5 Å². The lowest BCUT2D eigenvalue weighted by Gasteiger charge is -2.19. The van der Waals surface area contributed by atoms with Crippen LogP contribution in [-0.4, -0.2) is 13.3 Å². The molecule has 1 atom stereocenters. The molecule has 4 nitrogen and oxygen atoms in total. The highest BCUT2D eigenvalue weighted by Gasteiger charge is 2.20. The largest absolute Gasteiger partial charge is 0.514 e. The zero-order valence-corrected chi connectivity index (χ0v) is 14.7. The quantitative estimate of drug-likeness (QED) is 0.463. The van der Waals surface area contributed by atoms with Crippen molar-refractivity contribution in [2.24, 2.45) is 0 Å². The Morgan fingerprint density at radius 3 is 1.92 bits per heavy atom. The molecule has 3 aromatic rings. The lowest BCUT2D eigenvalue weighted by Crippen LogP contribution is -2.16. The standard InChI is InChI=1S/C22H20O4/c1-16-8-10-17(11-9-16)21(18-12-14-19(24-2)15-13-18)26-22(23)25-20-6-4-3-5-7-20/h3-15,21H,1-2H3. The Labute approximate surface area is 153 Å². The van der Waals surface area contributed by atoms with E-state index in [-0.39, 0.29) is 0 Å². The molecule has 0 aliphatic heterocycles. The second-order valence-corrected chi connectivity index (χ2v) is 5.85. The van der Waals surface area contributed by atoms with Crippen molar-refractivity contribution in [3.63, 3.8) is 0 Å². The van der Waals surface area contributed by atoms with Gasteiger partial charge < -0.3 is 14.2 Å². The van der Waals surface area contributed by atoms with E-state index in [9.17, 15) is 4.79 Å². The van der Waals surface area contributed by atoms with Gasteiger partial charge in [-0.3, -0.25) is 0 Å². The smallest absolute Gasteiger partial charge is 0.497 e. The van der Waals surface area contributed by atoms with Gasteiger partial charge in [0.1, 0.15) is 11.5 Å². The Hall–Kier alpha value is -3.27. The molecule has 0 bridgehead atoms. The number of methoxy groups -OCH3 is 1. The molecule has 0 aromatic heterocycles. The number of hydrogen-bond donors (Lipinski definition) is 0. The number of benzene rings is 3. The first-order valence-corrected chi connectivity index (χ1v) is 8.30. The van der Waals surface area contributed by atoms with Gasteiger partial charge in [-0.25, -0.2) is 4.79 Å². The maximum absolute atomic E-state index is 12.3. The predicted octanol–water partition coefficient (Wildman–Crippen LogP) is 5.31. The number of para-hydroxylation sites is 1. The van der Waals surface area contributed by atoms with Gasteiger partial charge in [0.25, 0.3) is 0 Å². The minimum absolute atomic E-state index is 0.440. The van der Waals surface area contributed by atoms with Crippen LogP contribution < -0.4 is 9.47 Å². The van der Waals surface area contributed by atoms with Crippen LogP contribution in [0.3, 0.4) is 0 Å². The summed E-state index contributed by atoms with van der Waals surface area (Å²) in [5.74, 6) is 1.18. The van der Waals surface area contributed by atoms with Gasteiger partial charge in [0.2, 0.25) is 0 Å². The van der Waals surface area contributed by atoms with Crippen molar-refractivity contribution < 1.29 is 19.0 Å². The summed E-state index contributed by atoms with van der Waals surface area (Å²) in [6.45, 7) is 2.01. The average Bonchev–Trinajstić information content (AvgIpc) is 2.68. The summed E-state index contributed by atoms with van der Waals surface area (Å²) in [5.41, 5.74) is 2.83. The molecule has 26 heavy (non-hydrogen) atoms. The zero-order chi connectivity index (χ0) is 18.4. The van der Waals surface area contributed by atoms with Crippen LogP contribution in [0.5, 0.6) is 11.5 Å². The third-order valence-corrected chi connectivity index (χ3v) is 3.96. The van der Waals surface area contributed by atoms with Crippen LogP contribution in [0.4, 0.5) is 4.79 Å². The third-order valence-electron chi connectivity index (χ3n) is 3.96. The van der Waals surface area contributed by atoms with Gasteiger partial charge >= 0.3 is 6.16 Å². The Kier molecular flexibility index (Phi) is 5.54. The van der Waals surface area contributed by atoms with Crippen LogP contribution in [-0.2, 0) is 4.74 Å². The van der Waals surface area contributed by atoms with Crippen molar-refractivity contribution >= 4 is 6.16 Å². The van der Waals surface area contributed by atoms with Crippen LogP contribution in [0.1, 0.15) is 22.8 Å². The van der Waals surface area contributed by atoms with Gasteiger partial charge in [-0.05, 0) is 42.3 Å². The molecule has 1 unspecified atom stereocenters. The van der Waals surface area contributed by atoms with Gasteiger partial charge in [-0.15, -0.1) is 0 Å². The molecular formula is C22H20O4. The van der Waals surface area contributed by atoms with Crippen molar-refractivity contribution in [2.45, 2.75) is 13.0 Å². The maximum Gasteiger partial charge on any atom is 0.514 e. The molecule has 0 saturated carbocycles. The average molecular weight is 348 g/mol. The fourth-order valence-corrected chi connectivity index (χ4v) is 2.55. The number of carbonyl (C=O) groups excluding carboxylic acids is 1. The van der Waals surface area contributed by atoms with E-state index >= 15 is 0 Å². The lowest BCUT2D eigenvalue weighted by molar-refractivity contribution is 0.0733. The van der Waals surface area contributed by atoms with Crippen LogP contribution in [0.15, 0.2) is 78.9 Å². The molecule has 3 rings (SSSR count). The van der Waals surface area contributed by atoms with Gasteiger partial charge in [0, 0.05) is 0 Å². The van der Waals surface area contributed by atoms with Gasteiger partial charge in [-0.1, -0.05) is 60.2 Å². The fourth-order valence-electron chi connectivity index (χ4n) is 2.55. The van der Waals surface area contributed by atoms with Crippen LogP contribution >= 0.6 is 0 Å². The highest BCUT2D eigenvalue weighted by atomic mass is 16.7. The Morgan fingerprint density at radius 2 is 1.35 bits per heavy atom. The van der Waals surface area contributed by atoms with Crippen LogP contribution in [0, 0.1) is 6.92 Å². The lowest BCUT2D eigenvalue weighted by atomic mass is 10.0. The van der Waals surface area contributed by atoms with Gasteiger partial charge in [0.05, 0.1) is 7.11 Å². The Balaban J connectivity index is 1.84. The van der Waals surface area contributed by atoms with Crippen molar-refractivity contribution in [3.8, 4) is 11.5 Å². The first-order valence-electron chi connectivity index (χ1n) is 8.30. The summed E-state index contributed by atoms with van der Waals surface area (Å²) < 4.78 is 16.1. The minimum Gasteiger partial charge on any atom is -0.497 e. The minimum atomic E-state index is -0.752. The molecule has 0 saturated heterocycles. The zero-order valence-electron chi connectivity index (χ0n) is 14.7. The summed E-state index contributed by atoms with van der Waals surface area (Å²) in [5, 5.41) is 0. The van der Waals surface area contributed by atoms with E-state index in [1.54, 1.807) is 31.4 Å². The number of aryl methyl sites for hydroxylation is 1. The second kappa shape index (κ2) is 8.21. The number of carbonyl (C=O) groups is 1. The Bertz CT molecular complexity index is 840. The van der Waals surface area contributed by atoms with Gasteiger partial charge in [0.15, 0.2) is 6.10 Å². The van der Waals surface area contributed by atoms with E-state index < -0.39 is 12.3 Å². The molecule has 0 radical (unpaired) electrons. The van der Waals surface area contributed by atoms with E-state index in [0.29, 0.717) is 5.75 Å². The molecule has 0 fully saturated rings. The molecular weight excluding hydrogens is 328 g/mol. The molecule has 0 heterocycles.